The van der Waals surface area contributed by atoms with Crippen LogP contribution in [0, 0.1) is 0 Å². The van der Waals surface area contributed by atoms with Crippen LogP contribution in [0.25, 0.3) is 11.0 Å². The number of methoxy groups -OCH3 is 1. The number of hydrogen-bond donors (Lipinski definition) is 3. The van der Waals surface area contributed by atoms with E-state index in [4.69, 9.17) is 9.47 Å². The van der Waals surface area contributed by atoms with Crippen molar-refractivity contribution in [2.24, 2.45) is 0 Å². The number of cyclic esters (lactones) is 1. The molecule has 1 unspecified atom stereocenters. The molecule has 39 heavy (non-hydrogen) atoms. The van der Waals surface area contributed by atoms with Crippen molar-refractivity contribution in [1.29, 1.82) is 0 Å². The second-order valence-corrected chi connectivity index (χ2v) is 11.1. The molecule has 0 aliphatic carbocycles. The molecule has 2 atom stereocenters. The summed E-state index contributed by atoms with van der Waals surface area (Å²) in [6.07, 6.45) is 0.293. The number of likely N-dealkylation sites (tertiary alicyclic amines) is 1. The highest BCUT2D eigenvalue weighted by molar-refractivity contribution is 8.00. The lowest BCUT2D eigenvalue weighted by atomic mass is 9.82. The van der Waals surface area contributed by atoms with Crippen molar-refractivity contribution in [3.05, 3.63) is 48.2 Å². The maximum Gasteiger partial charge on any atom is 0.414 e. The van der Waals surface area contributed by atoms with E-state index >= 15 is 0 Å². The molecule has 0 bridgehead atoms. The second-order valence-electron chi connectivity index (χ2n) is 10.1. The largest absolute Gasteiger partial charge is 0.480 e. The average Bonchev–Trinajstić information content (AvgIpc) is 3.32. The molecular weight excluding hydrogens is 522 g/mol. The Kier molecular flexibility index (Phi) is 6.79. The zero-order valence-electron chi connectivity index (χ0n) is 21.4. The van der Waals surface area contributed by atoms with E-state index in [1.54, 1.807) is 29.2 Å². The molecule has 11 nitrogen and oxygen atoms in total. The highest BCUT2D eigenvalue weighted by Gasteiger charge is 2.42. The number of hydrogen-bond acceptors (Lipinski definition) is 10. The Balaban J connectivity index is 1.09. The minimum Gasteiger partial charge on any atom is -0.480 e. The summed E-state index contributed by atoms with van der Waals surface area (Å²) in [7, 11) is 1.50. The van der Waals surface area contributed by atoms with Gasteiger partial charge in [-0.2, -0.15) is 0 Å². The number of aromatic nitrogens is 2. The summed E-state index contributed by atoms with van der Waals surface area (Å²) < 4.78 is 10.8. The molecule has 2 aromatic carbocycles. The van der Waals surface area contributed by atoms with E-state index in [9.17, 15) is 19.8 Å². The number of nitrogens with one attached hydrogen (secondary N) is 1. The smallest absolute Gasteiger partial charge is 0.414 e. The van der Waals surface area contributed by atoms with Gasteiger partial charge in [-0.25, -0.2) is 14.8 Å². The number of carbonyl (C=O) groups excluding carboxylic acids is 2. The van der Waals surface area contributed by atoms with E-state index in [1.165, 1.54) is 25.1 Å². The fourth-order valence-electron chi connectivity index (χ4n) is 5.40. The second kappa shape index (κ2) is 10.3. The first-order chi connectivity index (χ1) is 18.8. The van der Waals surface area contributed by atoms with Crippen molar-refractivity contribution in [2.45, 2.75) is 35.5 Å². The summed E-state index contributed by atoms with van der Waals surface area (Å²) >= 11 is 1.47. The summed E-state index contributed by atoms with van der Waals surface area (Å²) in [5.74, 6) is 0.658. The Bertz CT molecular complexity index is 1430. The number of carbonyl (C=O) groups is 2. The first-order valence-corrected chi connectivity index (χ1v) is 13.8. The molecule has 204 valence electrons. The summed E-state index contributed by atoms with van der Waals surface area (Å²) in [6.45, 7) is 1.97. The molecule has 0 saturated carbocycles. The maximum atomic E-state index is 12.7. The minimum absolute atomic E-state index is 0.0604. The van der Waals surface area contributed by atoms with Crippen molar-refractivity contribution in [1.82, 2.24) is 14.9 Å². The van der Waals surface area contributed by atoms with Crippen LogP contribution in [-0.4, -0.2) is 87.8 Å². The number of nitrogens with zero attached hydrogens (tertiary/aromatic N) is 4. The monoisotopic (exact) mass is 551 g/mol. The summed E-state index contributed by atoms with van der Waals surface area (Å²) in [4.78, 5) is 37.9. The van der Waals surface area contributed by atoms with Gasteiger partial charge in [-0.1, -0.05) is 12.1 Å². The Morgan fingerprint density at radius 1 is 1.26 bits per heavy atom. The van der Waals surface area contributed by atoms with Crippen molar-refractivity contribution in [3.63, 3.8) is 0 Å². The molecule has 3 aromatic rings. The van der Waals surface area contributed by atoms with Crippen molar-refractivity contribution >= 4 is 46.2 Å². The Morgan fingerprint density at radius 3 is 2.87 bits per heavy atom. The van der Waals surface area contributed by atoms with E-state index in [-0.39, 0.29) is 12.0 Å². The third-order valence-electron chi connectivity index (χ3n) is 7.56. The molecule has 2 saturated heterocycles. The number of aliphatic hydroxyl groups is 2. The standard InChI is InChI=1S/C27H29N5O6S/c1-37-23-12-28-19-4-2-3-18(24(19)30-23)25(34)27(36)7-9-31(10-8-27)13-17-14-32(26(35)38-17)16-5-6-21-20(11-16)29-22(33)15-39-21/h2-6,11-12,17,25,34,36H,7-10,13-15H2,1H3,(H,29,33)/t17-,25?/m1/s1. The molecule has 3 aliphatic rings. The van der Waals surface area contributed by atoms with E-state index in [0.717, 1.165) is 4.90 Å². The third kappa shape index (κ3) is 5.00. The number of thioether (sulfide) groups is 1. The van der Waals surface area contributed by atoms with Gasteiger partial charge in [-0.15, -0.1) is 11.8 Å². The fourth-order valence-corrected chi connectivity index (χ4v) is 6.19. The Labute approximate surface area is 229 Å². The van der Waals surface area contributed by atoms with Gasteiger partial charge >= 0.3 is 6.09 Å². The lowest BCUT2D eigenvalue weighted by molar-refractivity contribution is -0.113. The first-order valence-electron chi connectivity index (χ1n) is 12.8. The number of aliphatic hydroxyl groups excluding tert-OH is 1. The molecule has 2 fully saturated rings. The number of ether oxygens (including phenoxy) is 2. The highest BCUT2D eigenvalue weighted by Crippen LogP contribution is 2.38. The minimum atomic E-state index is -1.33. The highest BCUT2D eigenvalue weighted by atomic mass is 32.2. The number of fused-ring (bicyclic) bond motifs is 2. The van der Waals surface area contributed by atoms with E-state index < -0.39 is 17.8 Å². The van der Waals surface area contributed by atoms with Crippen LogP contribution < -0.4 is 15.0 Å². The van der Waals surface area contributed by atoms with Crippen LogP contribution in [0.5, 0.6) is 5.88 Å². The summed E-state index contributed by atoms with van der Waals surface area (Å²) in [5, 5.41) is 25.5. The van der Waals surface area contributed by atoms with Gasteiger partial charge in [0, 0.05) is 35.8 Å². The van der Waals surface area contributed by atoms with Gasteiger partial charge < -0.3 is 25.0 Å². The molecule has 0 spiro atoms. The van der Waals surface area contributed by atoms with Gasteiger partial charge in [0.05, 0.1) is 47.9 Å². The predicted molar refractivity (Wildman–Crippen MR) is 145 cm³/mol. The van der Waals surface area contributed by atoms with Crippen molar-refractivity contribution in [3.8, 4) is 5.88 Å². The van der Waals surface area contributed by atoms with E-state index in [0.29, 0.717) is 78.6 Å². The fraction of sp³-hybridized carbons (Fsp3) is 0.407. The first kappa shape index (κ1) is 25.8. The molecule has 3 aliphatic heterocycles. The predicted octanol–water partition coefficient (Wildman–Crippen LogP) is 2.57. The van der Waals surface area contributed by atoms with E-state index in [2.05, 4.69) is 20.2 Å². The zero-order valence-corrected chi connectivity index (χ0v) is 22.2. The number of amides is 2. The number of rotatable bonds is 6. The average molecular weight is 552 g/mol. The summed E-state index contributed by atoms with van der Waals surface area (Å²) in [6, 6.07) is 10.9. The molecule has 0 radical (unpaired) electrons. The molecule has 3 N–H and O–H groups in total. The van der Waals surface area contributed by atoms with Gasteiger partial charge in [-0.05, 0) is 37.1 Å². The van der Waals surface area contributed by atoms with Gasteiger partial charge in [0.25, 0.3) is 0 Å². The van der Waals surface area contributed by atoms with Crippen molar-refractivity contribution < 1.29 is 29.3 Å². The van der Waals surface area contributed by atoms with Crippen LogP contribution in [0.15, 0.2) is 47.5 Å². The Hall–Kier alpha value is -3.45. The number of piperidine rings is 1. The SMILES string of the molecule is COc1cnc2cccc(C(O)C3(O)CCN(C[C@@H]4CN(c5ccc6c(c5)NC(=O)CS6)C(=O)O4)CC3)c2n1. The van der Waals surface area contributed by atoms with Crippen molar-refractivity contribution in [2.75, 3.05) is 49.3 Å². The van der Waals surface area contributed by atoms with Crippen LogP contribution in [0.1, 0.15) is 24.5 Å². The van der Waals surface area contributed by atoms with Crippen LogP contribution >= 0.6 is 11.8 Å². The number of para-hydroxylation sites is 1. The molecule has 6 rings (SSSR count). The molecule has 2 amide bonds. The molecule has 12 heteroatoms. The van der Waals surface area contributed by atoms with Crippen LogP contribution in [-0.2, 0) is 9.53 Å². The van der Waals surface area contributed by atoms with Crippen LogP contribution in [0.4, 0.5) is 16.2 Å². The number of anilines is 2. The molecular formula is C27H29N5O6S. The van der Waals surface area contributed by atoms with Gasteiger partial charge in [0.15, 0.2) is 0 Å². The molecule has 4 heterocycles. The van der Waals surface area contributed by atoms with Crippen LogP contribution in [0.2, 0.25) is 0 Å². The summed E-state index contributed by atoms with van der Waals surface area (Å²) in [5.41, 5.74) is 1.67. The van der Waals surface area contributed by atoms with Gasteiger partial charge in [0.1, 0.15) is 12.2 Å². The Morgan fingerprint density at radius 2 is 2.08 bits per heavy atom. The lowest BCUT2D eigenvalue weighted by Gasteiger charge is -2.41. The lowest BCUT2D eigenvalue weighted by Crippen LogP contribution is -2.50. The normalized spacial score (nSPS) is 21.8. The molecule has 1 aromatic heterocycles. The topological polar surface area (TPSA) is 137 Å². The zero-order chi connectivity index (χ0) is 27.1. The maximum absolute atomic E-state index is 12.7. The van der Waals surface area contributed by atoms with Crippen LogP contribution in [0.3, 0.4) is 0 Å². The van der Waals surface area contributed by atoms with Gasteiger partial charge in [0.2, 0.25) is 11.8 Å². The van der Waals surface area contributed by atoms with E-state index in [1.807, 2.05) is 12.1 Å². The quantitative estimate of drug-likeness (QED) is 0.419. The van der Waals surface area contributed by atoms with Gasteiger partial charge in [-0.3, -0.25) is 14.6 Å². The third-order valence-corrected chi connectivity index (χ3v) is 8.63. The number of benzene rings is 2.